The molecule has 63 heteroatoms. The molecule has 0 heterocycles. The average Bonchev–Trinajstić information content (AvgIpc) is 0.734. The monoisotopic (exact) mass is 2200 g/mol. The van der Waals surface area contributed by atoms with Crippen LogP contribution < -0.4 is 4.74 Å². The summed E-state index contributed by atoms with van der Waals surface area (Å²) in [5.41, 5.74) is -2.54. The van der Waals surface area contributed by atoms with Crippen LogP contribution in [0.2, 0.25) is 0 Å². The van der Waals surface area contributed by atoms with E-state index in [1.165, 1.54) is 60.7 Å². The van der Waals surface area contributed by atoms with Gasteiger partial charge in [0.1, 0.15) is 55.8 Å². The number of ketones is 4. The molecule has 0 aromatic heterocycles. The lowest BCUT2D eigenvalue weighted by atomic mass is 10.0. The van der Waals surface area contributed by atoms with Crippen molar-refractivity contribution in [3.05, 3.63) is 275 Å². The molecule has 0 spiro atoms. The van der Waals surface area contributed by atoms with E-state index in [4.69, 9.17) is 31.0 Å². The van der Waals surface area contributed by atoms with Crippen LogP contribution in [-0.2, 0) is 137 Å². The summed E-state index contributed by atoms with van der Waals surface area (Å²) in [6.07, 6.45) is 0. The van der Waals surface area contributed by atoms with Gasteiger partial charge in [-0.05, 0) is 206 Å². The molecule has 0 aliphatic heterocycles. The maximum atomic E-state index is 13.7. The van der Waals surface area contributed by atoms with Gasteiger partial charge in [0.05, 0.1) is 136 Å². The molecule has 139 heavy (non-hydrogen) atoms. The van der Waals surface area contributed by atoms with Crippen molar-refractivity contribution in [3.8, 4) is 46.0 Å². The fraction of sp³-hybridized carbons (Fsp3) is 0. The average molecular weight is 2200 g/mol. The van der Waals surface area contributed by atoms with Gasteiger partial charge in [0.25, 0.3) is 50.6 Å². The fourth-order valence-electron chi connectivity index (χ4n) is 11.6. The van der Waals surface area contributed by atoms with Crippen LogP contribution in [-0.4, -0.2) is 179 Å². The molecule has 12 aromatic rings. The molecule has 16 N–H and O–H groups in total. The highest BCUT2D eigenvalue weighted by atomic mass is 32.2. The third-order valence-corrected chi connectivity index (χ3v) is 31.9. The summed E-state index contributed by atoms with van der Waals surface area (Å²) in [6, 6.07) is 35.9. The summed E-state index contributed by atoms with van der Waals surface area (Å²) in [5, 5.41) is 121. The molecule has 0 fully saturated rings. The molecule has 0 bridgehead atoms. The zero-order chi connectivity index (χ0) is 103. The summed E-state index contributed by atoms with van der Waals surface area (Å²) in [5.74, 6) is -7.69. The number of hydrogen-bond donors (Lipinski definition) is 16. The molecule has 0 amide bonds. The van der Waals surface area contributed by atoms with Gasteiger partial charge < -0.3 is 35.4 Å². The minimum atomic E-state index is -5.08. The second-order valence-electron chi connectivity index (χ2n) is 26.6. The first kappa shape index (κ1) is 109. The highest BCUT2D eigenvalue weighted by Crippen LogP contribution is 2.42. The van der Waals surface area contributed by atoms with Gasteiger partial charge in [0, 0.05) is 46.7 Å². The quantitative estimate of drug-likeness (QED) is 0.00562. The number of carbonyl (C=O) groups excluding carboxylic acids is 4. The second kappa shape index (κ2) is 44.9. The minimum Gasteiger partial charge on any atom is -0.507 e. The Kier molecular flexibility index (Phi) is 35.4. The standard InChI is InChI=1S/C26H18O18S5.C26H18O11S2.C24H18O20S7/c27-23-3-1-17(11-21(23)25(29)13-5-15(45-43-41-31)9-19(7-13)48(35,36)37)47(33,34)18-2-4-24(28)22(12-18)26(30)14-6-16(46-44-42-32)10-20(8-14)49(38,39)40;27-23-9-7-17(13-21(23)25(29)15-3-1-5-19(11-15)38-37-36-31)35-18-8-10-24(28)22(14-18)26(30)16-4-2-6-20(12-16)39(32,33)34;25-21-3-1-15(11-23(21)48(31,32)17-5-13(45-43-41-27)7-19(9-17)50(35,36)37)47(29,30)16-2-4-22(26)24(12-16)49(33,34)18-6-14(46-44-42-28)8-20(10-18)51(38,39)40/h1-12,27-28,31-32H,(H,35,36,37)(H,38,39,40);1-14,27-28,31H,(H,32,33,34);1-12,25-28H,(H,35,36,37)(H,38,39,40). The normalized spacial score (nSPS) is 12.2. The van der Waals surface area contributed by atoms with Gasteiger partial charge in [-0.3, -0.25) is 41.9 Å². The number of aromatic hydroxyl groups is 6. The molecule has 12 rings (SSSR count). The number of benzene rings is 12. The number of phenolic OH excluding ortho intramolecular Hbond substituents is 6. The Hall–Kier alpha value is -11.6. The third-order valence-electron chi connectivity index (χ3n) is 17.9. The number of carbonyl (C=O) groups is 4. The summed E-state index contributed by atoms with van der Waals surface area (Å²) in [4.78, 5) is 40.8. The Morgan fingerprint density at radius 3 is 0.799 bits per heavy atom. The Morgan fingerprint density at radius 2 is 0.468 bits per heavy atom. The first-order valence-corrected chi connectivity index (χ1v) is 52.6. The number of ether oxygens (including phenoxy) is 1. The molecule has 0 unspecified atom stereocenters. The van der Waals surface area contributed by atoms with E-state index >= 15 is 0 Å². The maximum Gasteiger partial charge on any atom is 0.294 e. The Morgan fingerprint density at radius 1 is 0.216 bits per heavy atom. The highest BCUT2D eigenvalue weighted by molar-refractivity contribution is 7.96. The van der Waals surface area contributed by atoms with E-state index in [0.29, 0.717) is 77.6 Å². The van der Waals surface area contributed by atoms with Crippen LogP contribution in [0.15, 0.2) is 319 Å². The molecular weight excluding hydrogens is 2150 g/mol. The van der Waals surface area contributed by atoms with Crippen LogP contribution in [0.1, 0.15) is 63.7 Å². The molecule has 0 saturated heterocycles. The van der Waals surface area contributed by atoms with Crippen molar-refractivity contribution in [1.29, 1.82) is 0 Å². The smallest absolute Gasteiger partial charge is 0.294 e. The first-order chi connectivity index (χ1) is 64.9. The predicted octanol–water partition coefficient (Wildman–Crippen LogP) is 11.7. The number of hydrogen-bond acceptors (Lipinski definition) is 49. The highest BCUT2D eigenvalue weighted by Gasteiger charge is 2.34. The van der Waals surface area contributed by atoms with Gasteiger partial charge in [-0.25, -0.2) is 60.0 Å². The van der Waals surface area contributed by atoms with Crippen molar-refractivity contribution >= 4 is 173 Å². The van der Waals surface area contributed by atoms with E-state index in [1.807, 2.05) is 0 Å². The van der Waals surface area contributed by atoms with Crippen molar-refractivity contribution in [2.75, 3.05) is 0 Å². The van der Waals surface area contributed by atoms with Crippen molar-refractivity contribution in [3.63, 3.8) is 0 Å². The SMILES string of the molecule is O=C(c1cc(SOOO)cc(S(=O)(=O)O)c1)c1cc(S(=O)(=O)c2ccc(O)c(C(=O)c3cc(SOOO)cc(S(=O)(=O)O)c3)c2)ccc1O.O=C(c1cccc(SOOO)c1)c1cc(Oc2ccc(O)c(C(=O)c3cccc(S(=O)(=O)O)c3)c2)ccc1O.O=S(=O)(O)c1cc(SOOO)cc(S(=O)(=O)c2cc(S(=O)(=O)c3ccc(O)c(S(=O)(=O)c4cc(SOOO)cc(S(=O)(=O)O)c4)c3)ccc2O)c1. The van der Waals surface area contributed by atoms with Crippen molar-refractivity contribution in [2.24, 2.45) is 0 Å². The molecule has 12 aromatic carbocycles. The van der Waals surface area contributed by atoms with Crippen LogP contribution in [0, 0.1) is 0 Å². The number of rotatable bonds is 38. The van der Waals surface area contributed by atoms with Gasteiger partial charge in [0.2, 0.25) is 39.3 Å². The van der Waals surface area contributed by atoms with E-state index < -0.39 is 228 Å². The summed E-state index contributed by atoms with van der Waals surface area (Å²) in [7, 11) is -44.3. The van der Waals surface area contributed by atoms with Crippen LogP contribution >= 0.6 is 60.2 Å². The van der Waals surface area contributed by atoms with E-state index in [1.54, 1.807) is 12.1 Å². The number of sulfone groups is 4. The van der Waals surface area contributed by atoms with Crippen LogP contribution in [0.3, 0.4) is 0 Å². The van der Waals surface area contributed by atoms with E-state index in [2.05, 4.69) is 46.9 Å². The van der Waals surface area contributed by atoms with Crippen molar-refractivity contribution in [1.82, 2.24) is 0 Å². The minimum absolute atomic E-state index is 0.0885. The molecule has 0 aliphatic rings. The second-order valence-corrected chi connectivity index (χ2v) is 45.3. The van der Waals surface area contributed by atoms with Gasteiger partial charge in [-0.2, -0.15) is 42.1 Å². The van der Waals surface area contributed by atoms with Gasteiger partial charge >= 0.3 is 0 Å². The molecule has 0 radical (unpaired) electrons. The Bertz CT molecular complexity index is 7660. The van der Waals surface area contributed by atoms with Gasteiger partial charge in [-0.1, -0.05) is 49.5 Å². The topological polar surface area (TPSA) is 801 Å². The lowest BCUT2D eigenvalue weighted by Crippen LogP contribution is -2.10. The van der Waals surface area contributed by atoms with Crippen molar-refractivity contribution < 1.29 is 226 Å². The van der Waals surface area contributed by atoms with Crippen LogP contribution in [0.5, 0.6) is 46.0 Å². The van der Waals surface area contributed by atoms with Crippen molar-refractivity contribution in [2.45, 2.75) is 88.1 Å². The summed E-state index contributed by atoms with van der Waals surface area (Å²) in [6.45, 7) is 0. The summed E-state index contributed by atoms with van der Waals surface area (Å²) >= 11 is 1.28. The lowest BCUT2D eigenvalue weighted by molar-refractivity contribution is -0.432. The van der Waals surface area contributed by atoms with Crippen LogP contribution in [0.25, 0.3) is 0 Å². The first-order valence-electron chi connectivity index (χ1n) is 35.7. The molecule has 0 aliphatic carbocycles. The molecule has 49 nitrogen and oxygen atoms in total. The van der Waals surface area contributed by atoms with Crippen LogP contribution in [0.4, 0.5) is 0 Å². The largest absolute Gasteiger partial charge is 0.507 e. The zero-order valence-electron chi connectivity index (χ0n) is 67.3. The maximum absolute atomic E-state index is 13.7. The molecular formula is C76H54O49S14. The van der Waals surface area contributed by atoms with E-state index in [9.17, 15) is 148 Å². The Labute approximate surface area is 802 Å². The van der Waals surface area contributed by atoms with Gasteiger partial charge in [-0.15, -0.1) is 21.7 Å². The van der Waals surface area contributed by atoms with E-state index in [0.717, 1.165) is 97.1 Å². The summed E-state index contributed by atoms with van der Waals surface area (Å²) < 4.78 is 300. The predicted molar refractivity (Wildman–Crippen MR) is 465 cm³/mol. The molecule has 736 valence electrons. The third kappa shape index (κ3) is 27.2. The molecule has 0 atom stereocenters. The van der Waals surface area contributed by atoms with Gasteiger partial charge in [0.15, 0.2) is 23.1 Å². The number of phenols is 6. The lowest BCUT2D eigenvalue weighted by Gasteiger charge is -2.13. The molecule has 0 saturated carbocycles. The fourth-order valence-corrected chi connectivity index (χ4v) is 22.9. The Balaban J connectivity index is 0.000000217. The zero-order valence-corrected chi connectivity index (χ0v) is 78.7. The van der Waals surface area contributed by atoms with E-state index in [-0.39, 0.29) is 107 Å².